The summed E-state index contributed by atoms with van der Waals surface area (Å²) in [5.41, 5.74) is -0.398. The van der Waals surface area contributed by atoms with Gasteiger partial charge in [0.2, 0.25) is 0 Å². The molecule has 0 aliphatic carbocycles. The van der Waals surface area contributed by atoms with E-state index in [1.165, 1.54) is 30.5 Å². The molecule has 0 radical (unpaired) electrons. The van der Waals surface area contributed by atoms with Crippen LogP contribution in [0.15, 0.2) is 47.4 Å². The number of carbonyl (C=O) groups excluding carboxylic acids is 1. The largest absolute Gasteiger partial charge is 0.437 e. The number of benzene rings is 2. The monoisotopic (exact) mass is 492 g/mol. The molecule has 1 heterocycles. The van der Waals surface area contributed by atoms with Crippen molar-refractivity contribution < 1.29 is 26.9 Å². The normalized spacial score (nSPS) is 13.3. The number of nitrogens with one attached hydrogen (secondary N) is 2. The van der Waals surface area contributed by atoms with Gasteiger partial charge in [0.25, 0.3) is 11.8 Å². The van der Waals surface area contributed by atoms with Crippen molar-refractivity contribution in [3.8, 4) is 11.6 Å². The molecule has 0 aliphatic heterocycles. The molecule has 1 aromatic heterocycles. The summed E-state index contributed by atoms with van der Waals surface area (Å²) in [6, 6.07) is 11.1. The van der Waals surface area contributed by atoms with Crippen molar-refractivity contribution in [2.24, 2.45) is 0 Å². The molecule has 180 valence electrons. The molecular formula is C23H23F3N4O3S. The second kappa shape index (κ2) is 9.41. The van der Waals surface area contributed by atoms with Gasteiger partial charge >= 0.3 is 6.18 Å². The van der Waals surface area contributed by atoms with E-state index < -0.39 is 38.6 Å². The Morgan fingerprint density at radius 3 is 2.47 bits per heavy atom. The average Bonchev–Trinajstić information content (AvgIpc) is 2.72. The molecule has 34 heavy (non-hydrogen) atoms. The van der Waals surface area contributed by atoms with Gasteiger partial charge < -0.3 is 10.1 Å². The van der Waals surface area contributed by atoms with Crippen molar-refractivity contribution in [2.45, 2.75) is 38.3 Å². The van der Waals surface area contributed by atoms with Crippen molar-refractivity contribution in [3.63, 3.8) is 0 Å². The van der Waals surface area contributed by atoms with Crippen molar-refractivity contribution in [1.82, 2.24) is 10.2 Å². The highest BCUT2D eigenvalue weighted by molar-refractivity contribution is 7.91. The number of amides is 1. The first-order valence-electron chi connectivity index (χ1n) is 10.2. The van der Waals surface area contributed by atoms with E-state index in [-0.39, 0.29) is 16.5 Å². The number of nitrogens with zero attached hydrogens (tertiary/aromatic N) is 2. The highest BCUT2D eigenvalue weighted by Gasteiger charge is 2.38. The van der Waals surface area contributed by atoms with Gasteiger partial charge in [0, 0.05) is 16.8 Å². The summed E-state index contributed by atoms with van der Waals surface area (Å²) >= 11 is 0. The van der Waals surface area contributed by atoms with Crippen LogP contribution in [-0.4, -0.2) is 26.6 Å². The molecule has 0 fully saturated rings. The third-order valence-electron chi connectivity index (χ3n) is 5.03. The Hall–Kier alpha value is -3.47. The van der Waals surface area contributed by atoms with Crippen LogP contribution >= 0.6 is 0 Å². The first-order chi connectivity index (χ1) is 15.8. The SMILES string of the molecule is CCc1ccc(C)cc1Oc1nnc(C(F)(F)F)c(C)c1C(=O)Nc1cccc(S(C)(=N)=O)c1. The molecule has 1 atom stereocenters. The predicted octanol–water partition coefficient (Wildman–Crippen LogP) is 5.75. The van der Waals surface area contributed by atoms with Crippen molar-refractivity contribution >= 4 is 21.3 Å². The van der Waals surface area contributed by atoms with E-state index in [9.17, 15) is 22.2 Å². The Morgan fingerprint density at radius 1 is 1.15 bits per heavy atom. The summed E-state index contributed by atoms with van der Waals surface area (Å²) in [5.74, 6) is -0.936. The van der Waals surface area contributed by atoms with Gasteiger partial charge in [-0.2, -0.15) is 13.2 Å². The third-order valence-corrected chi connectivity index (χ3v) is 6.19. The fourth-order valence-corrected chi connectivity index (χ4v) is 3.96. The lowest BCUT2D eigenvalue weighted by atomic mass is 10.1. The number of anilines is 1. The summed E-state index contributed by atoms with van der Waals surface area (Å²) in [6.45, 7) is 4.84. The lowest BCUT2D eigenvalue weighted by molar-refractivity contribution is -0.142. The van der Waals surface area contributed by atoms with Gasteiger partial charge in [-0.15, -0.1) is 10.2 Å². The number of rotatable bonds is 6. The smallest absolute Gasteiger partial charge is 0.435 e. The minimum atomic E-state index is -4.83. The van der Waals surface area contributed by atoms with E-state index in [1.54, 1.807) is 6.07 Å². The molecular weight excluding hydrogens is 469 g/mol. The van der Waals surface area contributed by atoms with E-state index in [4.69, 9.17) is 9.52 Å². The molecule has 0 spiro atoms. The van der Waals surface area contributed by atoms with E-state index in [2.05, 4.69) is 15.5 Å². The number of carbonyl (C=O) groups is 1. The van der Waals surface area contributed by atoms with Crippen LogP contribution < -0.4 is 10.1 Å². The topological polar surface area (TPSA) is 105 Å². The molecule has 0 saturated carbocycles. The third kappa shape index (κ3) is 5.53. The summed E-state index contributed by atoms with van der Waals surface area (Å²) in [6.07, 6.45) is -3.03. The highest BCUT2D eigenvalue weighted by atomic mass is 32.2. The van der Waals surface area contributed by atoms with Crippen LogP contribution in [0.25, 0.3) is 0 Å². The van der Waals surface area contributed by atoms with Crippen LogP contribution in [-0.2, 0) is 22.3 Å². The molecule has 1 unspecified atom stereocenters. The van der Waals surface area contributed by atoms with Crippen molar-refractivity contribution in [2.75, 3.05) is 11.6 Å². The van der Waals surface area contributed by atoms with Crippen LogP contribution in [0.2, 0.25) is 0 Å². The Balaban J connectivity index is 2.10. The molecule has 11 heteroatoms. The fraction of sp³-hybridized carbons (Fsp3) is 0.261. The summed E-state index contributed by atoms with van der Waals surface area (Å²) < 4.78 is 66.1. The fourth-order valence-electron chi connectivity index (χ4n) is 3.27. The molecule has 0 aliphatic rings. The standard InChI is InChI=1S/C23H23F3N4O3S/c1-5-15-10-9-13(2)11-18(15)33-22-19(14(3)20(29-30-22)23(24,25)26)21(31)28-16-7-6-8-17(12-16)34(4,27)32/h6-12,27H,5H2,1-4H3,(H,28,31). The summed E-state index contributed by atoms with van der Waals surface area (Å²) in [7, 11) is -3.07. The van der Waals surface area contributed by atoms with Gasteiger partial charge in [-0.1, -0.05) is 25.1 Å². The first-order valence-corrected chi connectivity index (χ1v) is 12.1. The van der Waals surface area contributed by atoms with Gasteiger partial charge in [0.15, 0.2) is 5.69 Å². The van der Waals surface area contributed by atoms with Crippen LogP contribution in [0.3, 0.4) is 0 Å². The second-order valence-corrected chi connectivity index (χ2v) is 9.90. The maximum absolute atomic E-state index is 13.5. The Morgan fingerprint density at radius 2 is 1.85 bits per heavy atom. The maximum Gasteiger partial charge on any atom is 0.435 e. The molecule has 1 amide bonds. The van der Waals surface area contributed by atoms with Crippen LogP contribution in [0.5, 0.6) is 11.6 Å². The van der Waals surface area contributed by atoms with Gasteiger partial charge in [0.05, 0.1) is 9.73 Å². The number of ether oxygens (including phenoxy) is 1. The van der Waals surface area contributed by atoms with Crippen molar-refractivity contribution in [3.05, 3.63) is 70.4 Å². The van der Waals surface area contributed by atoms with E-state index in [1.807, 2.05) is 26.0 Å². The zero-order valence-electron chi connectivity index (χ0n) is 18.9. The number of hydrogen-bond acceptors (Lipinski definition) is 6. The molecule has 2 aromatic carbocycles. The highest BCUT2D eigenvalue weighted by Crippen LogP contribution is 2.36. The number of hydrogen-bond donors (Lipinski definition) is 2. The Kier molecular flexibility index (Phi) is 6.97. The van der Waals surface area contributed by atoms with Crippen LogP contribution in [0.4, 0.5) is 18.9 Å². The van der Waals surface area contributed by atoms with Gasteiger partial charge in [-0.25, -0.2) is 8.99 Å². The van der Waals surface area contributed by atoms with Crippen molar-refractivity contribution in [1.29, 1.82) is 4.78 Å². The molecule has 3 rings (SSSR count). The van der Waals surface area contributed by atoms with E-state index in [0.717, 1.165) is 18.1 Å². The number of alkyl halides is 3. The maximum atomic E-state index is 13.5. The first kappa shape index (κ1) is 25.2. The quantitative estimate of drug-likeness (QED) is 0.456. The predicted molar refractivity (Wildman–Crippen MR) is 122 cm³/mol. The lowest BCUT2D eigenvalue weighted by Crippen LogP contribution is -2.21. The molecule has 7 nitrogen and oxygen atoms in total. The zero-order valence-corrected chi connectivity index (χ0v) is 19.7. The van der Waals surface area contributed by atoms with Crippen LogP contribution in [0, 0.1) is 18.6 Å². The number of aryl methyl sites for hydroxylation is 2. The summed E-state index contributed by atoms with van der Waals surface area (Å²) in [5, 5.41) is 9.37. The summed E-state index contributed by atoms with van der Waals surface area (Å²) in [4.78, 5) is 13.3. The zero-order chi connectivity index (χ0) is 25.3. The van der Waals surface area contributed by atoms with Crippen LogP contribution in [0.1, 0.15) is 39.7 Å². The minimum Gasteiger partial charge on any atom is -0.437 e. The number of aromatic nitrogens is 2. The lowest BCUT2D eigenvalue weighted by Gasteiger charge is -2.17. The molecule has 3 aromatic rings. The molecule has 0 saturated heterocycles. The number of halogens is 3. The van der Waals surface area contributed by atoms with Gasteiger partial charge in [-0.05, 0) is 61.2 Å². The average molecular weight is 493 g/mol. The van der Waals surface area contributed by atoms with Gasteiger partial charge in [-0.3, -0.25) is 4.79 Å². The Labute approximate surface area is 195 Å². The molecule has 0 bridgehead atoms. The minimum absolute atomic E-state index is 0.157. The molecule has 2 N–H and O–H groups in total. The van der Waals surface area contributed by atoms with Gasteiger partial charge in [0.1, 0.15) is 11.3 Å². The second-order valence-electron chi connectivity index (χ2n) is 7.74. The van der Waals surface area contributed by atoms with E-state index in [0.29, 0.717) is 12.2 Å². The van der Waals surface area contributed by atoms with E-state index >= 15 is 0 Å². The Bertz CT molecular complexity index is 1360.